The molecular formula is C16H23ClN2O. The Kier molecular flexibility index (Phi) is 4.92. The van der Waals surface area contributed by atoms with Crippen LogP contribution in [0.2, 0.25) is 5.02 Å². The molecule has 1 fully saturated rings. The topological polar surface area (TPSA) is 46.3 Å². The summed E-state index contributed by atoms with van der Waals surface area (Å²) in [6, 6.07) is 5.40. The van der Waals surface area contributed by atoms with Crippen LogP contribution in [0.4, 0.5) is 5.69 Å². The van der Waals surface area contributed by atoms with Gasteiger partial charge in [0, 0.05) is 23.8 Å². The number of benzene rings is 1. The lowest BCUT2D eigenvalue weighted by atomic mass is 9.84. The molecule has 20 heavy (non-hydrogen) atoms. The van der Waals surface area contributed by atoms with Gasteiger partial charge in [-0.1, -0.05) is 24.9 Å². The molecule has 0 radical (unpaired) electrons. The number of nitrogens with two attached hydrogens (primary N) is 1. The fourth-order valence-corrected chi connectivity index (χ4v) is 3.21. The van der Waals surface area contributed by atoms with Crippen molar-refractivity contribution in [1.29, 1.82) is 0 Å². The Balaban J connectivity index is 2.05. The van der Waals surface area contributed by atoms with Crippen LogP contribution in [-0.4, -0.2) is 23.9 Å². The van der Waals surface area contributed by atoms with Crippen LogP contribution >= 0.6 is 11.6 Å². The van der Waals surface area contributed by atoms with E-state index in [0.717, 1.165) is 18.8 Å². The van der Waals surface area contributed by atoms with Crippen LogP contribution in [-0.2, 0) is 0 Å². The molecule has 1 aromatic carbocycles. The number of hydrogen-bond acceptors (Lipinski definition) is 2. The highest BCUT2D eigenvalue weighted by Crippen LogP contribution is 2.30. The molecule has 1 aliphatic carbocycles. The number of carbonyl (C=O) groups is 1. The third-order valence-corrected chi connectivity index (χ3v) is 4.74. The zero-order chi connectivity index (χ0) is 14.7. The van der Waals surface area contributed by atoms with Crippen LogP contribution in [0, 0.1) is 5.92 Å². The van der Waals surface area contributed by atoms with Crippen molar-refractivity contribution in [2.75, 3.05) is 12.8 Å². The van der Waals surface area contributed by atoms with Gasteiger partial charge in [-0.15, -0.1) is 0 Å². The highest BCUT2D eigenvalue weighted by Gasteiger charge is 2.27. The molecule has 3 nitrogen and oxygen atoms in total. The molecule has 0 bridgehead atoms. The number of amides is 1. The molecule has 0 spiro atoms. The summed E-state index contributed by atoms with van der Waals surface area (Å²) in [5.41, 5.74) is 6.91. The summed E-state index contributed by atoms with van der Waals surface area (Å²) in [5, 5.41) is 0.560. The van der Waals surface area contributed by atoms with E-state index < -0.39 is 0 Å². The zero-order valence-electron chi connectivity index (χ0n) is 12.2. The van der Waals surface area contributed by atoms with Crippen LogP contribution in [0.3, 0.4) is 0 Å². The molecule has 0 heterocycles. The summed E-state index contributed by atoms with van der Waals surface area (Å²) in [6.45, 7) is 2.24. The molecule has 0 saturated heterocycles. The average molecular weight is 295 g/mol. The molecule has 1 saturated carbocycles. The minimum Gasteiger partial charge on any atom is -0.398 e. The lowest BCUT2D eigenvalue weighted by Crippen LogP contribution is -2.39. The summed E-state index contributed by atoms with van der Waals surface area (Å²) in [7, 11) is 1.88. The molecule has 0 aromatic heterocycles. The third kappa shape index (κ3) is 3.26. The van der Waals surface area contributed by atoms with Gasteiger partial charge < -0.3 is 10.6 Å². The second kappa shape index (κ2) is 6.49. The Bertz CT molecular complexity index is 481. The first-order chi connectivity index (χ1) is 9.52. The van der Waals surface area contributed by atoms with Gasteiger partial charge in [0.2, 0.25) is 0 Å². The molecule has 4 heteroatoms. The molecule has 2 rings (SSSR count). The van der Waals surface area contributed by atoms with Crippen molar-refractivity contribution in [2.45, 2.75) is 45.1 Å². The van der Waals surface area contributed by atoms with Gasteiger partial charge >= 0.3 is 0 Å². The van der Waals surface area contributed by atoms with Crippen LogP contribution in [0.1, 0.15) is 49.4 Å². The maximum Gasteiger partial charge on any atom is 0.255 e. The predicted molar refractivity (Wildman–Crippen MR) is 84.0 cm³/mol. The Morgan fingerprint density at radius 1 is 1.35 bits per heavy atom. The quantitative estimate of drug-likeness (QED) is 0.858. The van der Waals surface area contributed by atoms with E-state index >= 15 is 0 Å². The van der Waals surface area contributed by atoms with Crippen molar-refractivity contribution < 1.29 is 4.79 Å². The Hall–Kier alpha value is -1.22. The number of rotatable bonds is 3. The minimum absolute atomic E-state index is 0.000819. The number of nitrogens with zero attached hydrogens (tertiary/aromatic N) is 1. The van der Waals surface area contributed by atoms with Crippen molar-refractivity contribution in [3.63, 3.8) is 0 Å². The lowest BCUT2D eigenvalue weighted by molar-refractivity contribution is 0.0676. The molecule has 110 valence electrons. The molecule has 1 amide bonds. The van der Waals surface area contributed by atoms with Crippen LogP contribution < -0.4 is 5.73 Å². The summed E-state index contributed by atoms with van der Waals surface area (Å²) >= 11 is 5.88. The highest BCUT2D eigenvalue weighted by atomic mass is 35.5. The van der Waals surface area contributed by atoms with E-state index in [9.17, 15) is 4.79 Å². The van der Waals surface area contributed by atoms with E-state index in [4.69, 9.17) is 17.3 Å². The molecule has 1 aromatic rings. The van der Waals surface area contributed by atoms with Crippen molar-refractivity contribution >= 4 is 23.2 Å². The first kappa shape index (κ1) is 15.2. The van der Waals surface area contributed by atoms with Crippen molar-refractivity contribution in [1.82, 2.24) is 4.90 Å². The van der Waals surface area contributed by atoms with E-state index in [1.54, 1.807) is 18.2 Å². The van der Waals surface area contributed by atoms with Gasteiger partial charge in [0.05, 0.1) is 5.56 Å². The Labute approximate surface area is 126 Å². The van der Waals surface area contributed by atoms with Gasteiger partial charge in [-0.25, -0.2) is 0 Å². The second-order valence-corrected chi connectivity index (χ2v) is 6.17. The number of hydrogen-bond donors (Lipinski definition) is 1. The smallest absolute Gasteiger partial charge is 0.255 e. The van der Waals surface area contributed by atoms with Gasteiger partial charge in [-0.05, 0) is 49.8 Å². The van der Waals surface area contributed by atoms with Crippen LogP contribution in [0.15, 0.2) is 18.2 Å². The Morgan fingerprint density at radius 2 is 2.00 bits per heavy atom. The summed E-state index contributed by atoms with van der Waals surface area (Å²) in [5.74, 6) is 0.828. The van der Waals surface area contributed by atoms with E-state index in [1.807, 2.05) is 11.9 Å². The van der Waals surface area contributed by atoms with Crippen molar-refractivity contribution in [2.24, 2.45) is 5.92 Å². The van der Waals surface area contributed by atoms with Crippen LogP contribution in [0.25, 0.3) is 0 Å². The van der Waals surface area contributed by atoms with Gasteiger partial charge in [-0.2, -0.15) is 0 Å². The van der Waals surface area contributed by atoms with Crippen molar-refractivity contribution in [3.05, 3.63) is 28.8 Å². The van der Waals surface area contributed by atoms with Gasteiger partial charge in [0.25, 0.3) is 5.91 Å². The number of carbonyl (C=O) groups excluding carboxylic acids is 1. The predicted octanol–water partition coefficient (Wildman–Crippen LogP) is 3.96. The van der Waals surface area contributed by atoms with Gasteiger partial charge in [0.15, 0.2) is 0 Å². The number of halogens is 1. The van der Waals surface area contributed by atoms with Gasteiger partial charge in [-0.3, -0.25) is 4.79 Å². The molecule has 2 N–H and O–H groups in total. The monoisotopic (exact) mass is 294 g/mol. The molecule has 1 aliphatic rings. The van der Waals surface area contributed by atoms with E-state index in [1.165, 1.54) is 19.3 Å². The molecule has 0 atom stereocenters. The third-order valence-electron chi connectivity index (χ3n) is 4.51. The first-order valence-corrected chi connectivity index (χ1v) is 7.73. The SMILES string of the molecule is CCC1CCC(N(C)C(=O)c2ccc(Cl)cc2N)CC1. The van der Waals surface area contributed by atoms with E-state index in [2.05, 4.69) is 6.92 Å². The summed E-state index contributed by atoms with van der Waals surface area (Å²) in [4.78, 5) is 14.4. The number of anilines is 1. The molecular weight excluding hydrogens is 272 g/mol. The second-order valence-electron chi connectivity index (χ2n) is 5.73. The van der Waals surface area contributed by atoms with E-state index in [-0.39, 0.29) is 5.91 Å². The van der Waals surface area contributed by atoms with Gasteiger partial charge in [0.1, 0.15) is 0 Å². The fourth-order valence-electron chi connectivity index (χ4n) is 3.02. The standard InChI is InChI=1S/C16H23ClN2O/c1-3-11-4-7-13(8-5-11)19(2)16(20)14-9-6-12(17)10-15(14)18/h6,9-11,13H,3-5,7-8,18H2,1-2H3. The average Bonchev–Trinajstić information content (AvgIpc) is 2.46. The first-order valence-electron chi connectivity index (χ1n) is 7.35. The largest absolute Gasteiger partial charge is 0.398 e. The molecule has 0 unspecified atom stereocenters. The lowest BCUT2D eigenvalue weighted by Gasteiger charge is -2.34. The minimum atomic E-state index is -0.000819. The van der Waals surface area contributed by atoms with Crippen LogP contribution in [0.5, 0.6) is 0 Å². The zero-order valence-corrected chi connectivity index (χ0v) is 13.0. The normalized spacial score (nSPS) is 22.6. The Morgan fingerprint density at radius 3 is 2.55 bits per heavy atom. The van der Waals surface area contributed by atoms with Crippen molar-refractivity contribution in [3.8, 4) is 0 Å². The summed E-state index contributed by atoms with van der Waals surface area (Å²) in [6.07, 6.45) is 5.86. The fraction of sp³-hybridized carbons (Fsp3) is 0.562. The van der Waals surface area contributed by atoms with E-state index in [0.29, 0.717) is 22.3 Å². The molecule has 0 aliphatic heterocycles. The maximum atomic E-state index is 12.5. The highest BCUT2D eigenvalue weighted by molar-refractivity contribution is 6.31. The summed E-state index contributed by atoms with van der Waals surface area (Å²) < 4.78 is 0. The maximum absolute atomic E-state index is 12.5. The number of nitrogen functional groups attached to an aromatic ring is 1.